The Bertz CT molecular complexity index is 306. The first-order valence-corrected chi connectivity index (χ1v) is 4.78. The Morgan fingerprint density at radius 1 is 1.42 bits per heavy atom. The van der Waals surface area contributed by atoms with Crippen molar-refractivity contribution in [2.45, 2.75) is 6.43 Å². The third kappa shape index (κ3) is 2.14. The van der Waals surface area contributed by atoms with E-state index >= 15 is 0 Å². The molecule has 1 heterocycles. The zero-order valence-corrected chi connectivity index (χ0v) is 9.42. The highest BCUT2D eigenvalue weighted by atomic mass is 79.9. The normalized spacial score (nSPS) is 10.8. The summed E-state index contributed by atoms with van der Waals surface area (Å²) >= 11 is 11.4. The van der Waals surface area contributed by atoms with Crippen LogP contribution < -0.4 is 0 Å². The molecule has 0 saturated heterocycles. The van der Waals surface area contributed by atoms with Gasteiger partial charge in [-0.3, -0.25) is 0 Å². The van der Waals surface area contributed by atoms with Crippen LogP contribution in [0.15, 0.2) is 15.1 Å². The summed E-state index contributed by atoms with van der Waals surface area (Å²) in [6.07, 6.45) is -2.56. The van der Waals surface area contributed by atoms with Crippen molar-refractivity contribution < 1.29 is 8.78 Å². The van der Waals surface area contributed by atoms with Gasteiger partial charge in [0.2, 0.25) is 0 Å². The van der Waals surface area contributed by atoms with Gasteiger partial charge in [-0.05, 0) is 37.9 Å². The Kier molecular flexibility index (Phi) is 3.43. The summed E-state index contributed by atoms with van der Waals surface area (Å²) in [5, 5.41) is 0.159. The van der Waals surface area contributed by atoms with Crippen LogP contribution in [0, 0.1) is 0 Å². The van der Waals surface area contributed by atoms with Crippen LogP contribution in [0.3, 0.4) is 0 Å². The molecular formula is C6H2Br2ClF2N. The topological polar surface area (TPSA) is 12.9 Å². The molecule has 0 amide bonds. The van der Waals surface area contributed by atoms with E-state index in [0.717, 1.165) is 0 Å². The molecular weight excluding hydrogens is 319 g/mol. The molecule has 0 aliphatic rings. The SMILES string of the molecule is FC(F)c1cc(Br)c(Cl)nc1Br. The van der Waals surface area contributed by atoms with Crippen LogP contribution in [0.5, 0.6) is 0 Å². The fraction of sp³-hybridized carbons (Fsp3) is 0.167. The summed E-state index contributed by atoms with van der Waals surface area (Å²) in [5.74, 6) is 0. The van der Waals surface area contributed by atoms with Crippen molar-refractivity contribution in [1.82, 2.24) is 4.98 Å². The molecule has 1 aromatic rings. The maximum Gasteiger partial charge on any atom is 0.266 e. The van der Waals surface area contributed by atoms with E-state index in [1.807, 2.05) is 0 Å². The van der Waals surface area contributed by atoms with Crippen LogP contribution in [-0.2, 0) is 0 Å². The number of aromatic nitrogens is 1. The highest BCUT2D eigenvalue weighted by molar-refractivity contribution is 9.11. The van der Waals surface area contributed by atoms with Crippen molar-refractivity contribution in [2.75, 3.05) is 0 Å². The molecule has 0 fully saturated rings. The molecule has 1 aromatic heterocycles. The largest absolute Gasteiger partial charge is 0.266 e. The van der Waals surface area contributed by atoms with Crippen LogP contribution in [0.25, 0.3) is 0 Å². The molecule has 0 bridgehead atoms. The summed E-state index contributed by atoms with van der Waals surface area (Å²) in [4.78, 5) is 3.65. The molecule has 0 atom stereocenters. The third-order valence-corrected chi connectivity index (χ3v) is 2.90. The molecule has 0 radical (unpaired) electrons. The van der Waals surface area contributed by atoms with E-state index in [1.165, 1.54) is 6.07 Å². The van der Waals surface area contributed by atoms with Gasteiger partial charge >= 0.3 is 0 Å². The van der Waals surface area contributed by atoms with Gasteiger partial charge in [0.05, 0.1) is 10.0 Å². The standard InChI is InChI=1S/C6H2Br2ClF2N/c7-3-1-2(6(10)11)4(8)12-5(3)9/h1,6H. The fourth-order valence-electron chi connectivity index (χ4n) is 0.613. The Balaban J connectivity index is 3.23. The lowest BCUT2D eigenvalue weighted by atomic mass is 10.3. The predicted molar refractivity (Wildman–Crippen MR) is 49.6 cm³/mol. The van der Waals surface area contributed by atoms with Gasteiger partial charge in [-0.2, -0.15) is 0 Å². The maximum atomic E-state index is 12.2. The number of alkyl halides is 2. The van der Waals surface area contributed by atoms with Crippen molar-refractivity contribution in [1.29, 1.82) is 0 Å². The Morgan fingerprint density at radius 2 is 2.00 bits per heavy atom. The number of nitrogens with zero attached hydrogens (tertiary/aromatic N) is 1. The molecule has 0 saturated carbocycles. The zero-order valence-electron chi connectivity index (χ0n) is 5.49. The van der Waals surface area contributed by atoms with Crippen LogP contribution in [-0.4, -0.2) is 4.98 Å². The van der Waals surface area contributed by atoms with E-state index in [9.17, 15) is 8.78 Å². The fourth-order valence-corrected chi connectivity index (χ4v) is 1.65. The molecule has 66 valence electrons. The summed E-state index contributed by atoms with van der Waals surface area (Å²) in [6.45, 7) is 0. The predicted octanol–water partition coefficient (Wildman–Crippen LogP) is 4.20. The van der Waals surface area contributed by atoms with Crippen LogP contribution in [0.1, 0.15) is 12.0 Å². The van der Waals surface area contributed by atoms with E-state index in [1.54, 1.807) is 0 Å². The van der Waals surface area contributed by atoms with Crippen molar-refractivity contribution in [3.05, 3.63) is 25.9 Å². The second-order valence-corrected chi connectivity index (χ2v) is 3.91. The summed E-state index contributed by atoms with van der Waals surface area (Å²) in [7, 11) is 0. The van der Waals surface area contributed by atoms with Gasteiger partial charge in [-0.25, -0.2) is 13.8 Å². The second kappa shape index (κ2) is 3.98. The van der Waals surface area contributed by atoms with Gasteiger partial charge in [0.1, 0.15) is 9.76 Å². The summed E-state index contributed by atoms with van der Waals surface area (Å²) < 4.78 is 24.8. The highest BCUT2D eigenvalue weighted by Crippen LogP contribution is 2.31. The Labute approximate surface area is 89.4 Å². The van der Waals surface area contributed by atoms with E-state index in [2.05, 4.69) is 36.8 Å². The van der Waals surface area contributed by atoms with Gasteiger partial charge in [0.25, 0.3) is 6.43 Å². The average molecular weight is 321 g/mol. The van der Waals surface area contributed by atoms with Gasteiger partial charge in [-0.1, -0.05) is 11.6 Å². The van der Waals surface area contributed by atoms with E-state index in [-0.39, 0.29) is 15.3 Å². The molecule has 0 aliphatic heterocycles. The van der Waals surface area contributed by atoms with Crippen LogP contribution in [0.2, 0.25) is 5.15 Å². The van der Waals surface area contributed by atoms with Gasteiger partial charge < -0.3 is 0 Å². The van der Waals surface area contributed by atoms with E-state index in [4.69, 9.17) is 11.6 Å². The average Bonchev–Trinajstić information content (AvgIpc) is 1.96. The van der Waals surface area contributed by atoms with Crippen molar-refractivity contribution >= 4 is 43.5 Å². The lowest BCUT2D eigenvalue weighted by Gasteiger charge is -2.03. The number of hydrogen-bond donors (Lipinski definition) is 0. The molecule has 12 heavy (non-hydrogen) atoms. The minimum absolute atomic E-state index is 0.0747. The minimum Gasteiger partial charge on any atom is -0.228 e. The quantitative estimate of drug-likeness (QED) is 0.707. The summed E-state index contributed by atoms with van der Waals surface area (Å²) in [5.41, 5.74) is -0.175. The minimum atomic E-state index is -2.56. The number of hydrogen-bond acceptors (Lipinski definition) is 1. The number of pyridine rings is 1. The van der Waals surface area contributed by atoms with E-state index in [0.29, 0.717) is 4.47 Å². The van der Waals surface area contributed by atoms with Crippen molar-refractivity contribution in [3.63, 3.8) is 0 Å². The van der Waals surface area contributed by atoms with Gasteiger partial charge in [0, 0.05) is 0 Å². The second-order valence-electron chi connectivity index (χ2n) is 1.94. The maximum absolute atomic E-state index is 12.2. The molecule has 1 nitrogen and oxygen atoms in total. The highest BCUT2D eigenvalue weighted by Gasteiger charge is 2.14. The monoisotopic (exact) mass is 319 g/mol. The van der Waals surface area contributed by atoms with Crippen molar-refractivity contribution in [3.8, 4) is 0 Å². The van der Waals surface area contributed by atoms with Gasteiger partial charge in [0.15, 0.2) is 0 Å². The third-order valence-electron chi connectivity index (χ3n) is 1.15. The number of halogens is 5. The van der Waals surface area contributed by atoms with Gasteiger partial charge in [-0.15, -0.1) is 0 Å². The molecule has 6 heteroatoms. The molecule has 0 spiro atoms. The van der Waals surface area contributed by atoms with Crippen molar-refractivity contribution in [2.24, 2.45) is 0 Å². The molecule has 0 unspecified atom stereocenters. The first-order chi connectivity index (χ1) is 5.52. The molecule has 1 rings (SSSR count). The zero-order chi connectivity index (χ0) is 9.30. The first-order valence-electron chi connectivity index (χ1n) is 2.82. The van der Waals surface area contributed by atoms with E-state index < -0.39 is 6.43 Å². The molecule has 0 N–H and O–H groups in total. The van der Waals surface area contributed by atoms with Crippen LogP contribution >= 0.6 is 43.5 Å². The lowest BCUT2D eigenvalue weighted by Crippen LogP contribution is -1.90. The number of rotatable bonds is 1. The molecule has 0 aromatic carbocycles. The lowest BCUT2D eigenvalue weighted by molar-refractivity contribution is 0.150. The summed E-state index contributed by atoms with van der Waals surface area (Å²) in [6, 6.07) is 1.24. The molecule has 0 aliphatic carbocycles. The Morgan fingerprint density at radius 3 is 2.50 bits per heavy atom. The first kappa shape index (κ1) is 10.3. The smallest absolute Gasteiger partial charge is 0.228 e. The Hall–Kier alpha value is 0.260. The van der Waals surface area contributed by atoms with Crippen LogP contribution in [0.4, 0.5) is 8.78 Å².